The second-order valence-electron chi connectivity index (χ2n) is 10.1. The summed E-state index contributed by atoms with van der Waals surface area (Å²) in [5.74, 6) is -0.729. The molecule has 1 aromatic carbocycles. The van der Waals surface area contributed by atoms with Gasteiger partial charge in [0.25, 0.3) is 0 Å². The highest BCUT2D eigenvalue weighted by molar-refractivity contribution is 6.08. The molecule has 9 nitrogen and oxygen atoms in total. The summed E-state index contributed by atoms with van der Waals surface area (Å²) in [6.07, 6.45) is -4.31. The molecule has 1 saturated carbocycles. The van der Waals surface area contributed by atoms with Crippen molar-refractivity contribution in [3.05, 3.63) is 59.8 Å². The molecule has 3 aromatic rings. The second-order valence-corrected chi connectivity index (χ2v) is 10.1. The number of hydrogen-bond acceptors (Lipinski definition) is 7. The highest BCUT2D eigenvalue weighted by Gasteiger charge is 2.35. The van der Waals surface area contributed by atoms with Gasteiger partial charge in [0.1, 0.15) is 34.8 Å². The van der Waals surface area contributed by atoms with Gasteiger partial charge in [0.05, 0.1) is 0 Å². The van der Waals surface area contributed by atoms with Crippen molar-refractivity contribution in [2.24, 2.45) is 0 Å². The summed E-state index contributed by atoms with van der Waals surface area (Å²) in [5.41, 5.74) is -1.76. The van der Waals surface area contributed by atoms with Crippen molar-refractivity contribution in [2.45, 2.75) is 64.1 Å². The van der Waals surface area contributed by atoms with E-state index in [9.17, 15) is 32.3 Å². The van der Waals surface area contributed by atoms with E-state index in [2.05, 4.69) is 15.3 Å². The zero-order chi connectivity index (χ0) is 28.5. The first-order valence-corrected chi connectivity index (χ1v) is 12.0. The molecule has 4 rings (SSSR count). The minimum absolute atomic E-state index is 0.0638. The van der Waals surface area contributed by atoms with E-state index in [1.807, 2.05) is 0 Å². The van der Waals surface area contributed by atoms with Gasteiger partial charge in [0, 0.05) is 42.0 Å². The maximum Gasteiger partial charge on any atom is 0.433 e. The number of alkyl halides is 3. The lowest BCUT2D eigenvalue weighted by Crippen LogP contribution is -2.46. The van der Waals surface area contributed by atoms with E-state index in [1.165, 1.54) is 30.5 Å². The lowest BCUT2D eigenvalue weighted by molar-refractivity contribution is -0.141. The number of anilines is 1. The Kier molecular flexibility index (Phi) is 7.64. The molecule has 208 valence electrons. The molecule has 1 aliphatic carbocycles. The van der Waals surface area contributed by atoms with Crippen molar-refractivity contribution in [1.29, 1.82) is 0 Å². The number of carbonyl (C=O) groups is 2. The third-order valence-corrected chi connectivity index (χ3v) is 5.93. The lowest BCUT2D eigenvalue weighted by atomic mass is 9.89. The number of ether oxygens (including phenoxy) is 2. The molecule has 0 atom stereocenters. The predicted octanol–water partition coefficient (Wildman–Crippen LogP) is 5.91. The van der Waals surface area contributed by atoms with Crippen LogP contribution in [0.25, 0.3) is 10.8 Å². The molecule has 39 heavy (non-hydrogen) atoms. The van der Waals surface area contributed by atoms with Gasteiger partial charge in [0.15, 0.2) is 0 Å². The Hall–Kier alpha value is -4.00. The largest absolute Gasteiger partial charge is 0.490 e. The molecule has 2 N–H and O–H groups in total. The van der Waals surface area contributed by atoms with Gasteiger partial charge in [0.2, 0.25) is 0 Å². The van der Waals surface area contributed by atoms with Crippen LogP contribution in [0.5, 0.6) is 5.75 Å². The van der Waals surface area contributed by atoms with Crippen molar-refractivity contribution < 1.29 is 41.7 Å². The molecule has 1 aliphatic rings. The smallest absolute Gasteiger partial charge is 0.433 e. The maximum atomic E-state index is 14.9. The van der Waals surface area contributed by atoms with E-state index in [-0.39, 0.29) is 35.8 Å². The number of amides is 2. The van der Waals surface area contributed by atoms with Crippen LogP contribution in [-0.4, -0.2) is 45.0 Å². The van der Waals surface area contributed by atoms with Crippen LogP contribution in [0.1, 0.15) is 44.9 Å². The van der Waals surface area contributed by atoms with Crippen LogP contribution in [-0.2, 0) is 17.5 Å². The molecule has 0 aliphatic heterocycles. The van der Waals surface area contributed by atoms with Crippen molar-refractivity contribution in [2.75, 3.05) is 4.90 Å². The van der Waals surface area contributed by atoms with Crippen LogP contribution in [0.3, 0.4) is 0 Å². The Morgan fingerprint density at radius 2 is 1.85 bits per heavy atom. The maximum absolute atomic E-state index is 14.9. The number of nitrogens with one attached hydrogen (secondary N) is 1. The van der Waals surface area contributed by atoms with Gasteiger partial charge >= 0.3 is 18.4 Å². The Labute approximate surface area is 220 Å². The third kappa shape index (κ3) is 6.72. The average molecular weight is 551 g/mol. The van der Waals surface area contributed by atoms with Crippen molar-refractivity contribution in [1.82, 2.24) is 15.3 Å². The number of aromatic nitrogens is 2. The van der Waals surface area contributed by atoms with Crippen molar-refractivity contribution >= 4 is 28.8 Å². The van der Waals surface area contributed by atoms with Gasteiger partial charge in [-0.1, -0.05) is 0 Å². The monoisotopic (exact) mass is 550 g/mol. The zero-order valence-electron chi connectivity index (χ0n) is 21.3. The molecule has 2 heterocycles. The second kappa shape index (κ2) is 10.6. The summed E-state index contributed by atoms with van der Waals surface area (Å²) in [4.78, 5) is 32.0. The fourth-order valence-electron chi connectivity index (χ4n) is 4.03. The molecule has 0 spiro atoms. The van der Waals surface area contributed by atoms with Crippen LogP contribution >= 0.6 is 0 Å². The van der Waals surface area contributed by atoms with E-state index in [0.29, 0.717) is 28.5 Å². The predicted molar refractivity (Wildman–Crippen MR) is 132 cm³/mol. The Balaban J connectivity index is 1.45. The normalized spacial score (nSPS) is 17.4. The summed E-state index contributed by atoms with van der Waals surface area (Å²) in [6.45, 7) is 4.83. The van der Waals surface area contributed by atoms with Crippen LogP contribution < -0.4 is 15.0 Å². The molecule has 0 unspecified atom stereocenters. The van der Waals surface area contributed by atoms with Crippen LogP contribution in [0.2, 0.25) is 0 Å². The first-order chi connectivity index (χ1) is 18.2. The summed E-state index contributed by atoms with van der Waals surface area (Å²) >= 11 is 0. The standard InChI is InChI=1S/C26H26F4N4O5/c1-25(2,3)39-24(37)34(23(35)36)22-11-18-14(12-33-22)4-5-20(27)19(18)13-32-15-8-17(9-15)38-16-6-7-31-21(10-16)26(28,29)30/h4-7,10-12,15,17,32H,8-9,13H2,1-3H3,(H,35,36)/t15-,17-. The number of halogens is 4. The fraction of sp³-hybridized carbons (Fsp3) is 0.385. The van der Waals surface area contributed by atoms with Crippen molar-refractivity contribution in [3.8, 4) is 5.75 Å². The number of carbonyl (C=O) groups excluding carboxylic acids is 1. The van der Waals surface area contributed by atoms with Gasteiger partial charge in [-0.2, -0.15) is 18.1 Å². The summed E-state index contributed by atoms with van der Waals surface area (Å²) in [6, 6.07) is 6.16. The minimum Gasteiger partial charge on any atom is -0.490 e. The highest BCUT2D eigenvalue weighted by Crippen LogP contribution is 2.32. The van der Waals surface area contributed by atoms with Gasteiger partial charge in [-0.3, -0.25) is 4.98 Å². The number of pyridine rings is 2. The molecular weight excluding hydrogens is 524 g/mol. The lowest BCUT2D eigenvalue weighted by Gasteiger charge is -2.36. The fourth-order valence-corrected chi connectivity index (χ4v) is 4.03. The SMILES string of the molecule is CC(C)(C)OC(=O)N(C(=O)O)c1cc2c(CN[C@H]3C[C@H](Oc4ccnc(C(F)(F)F)c4)C3)c(F)ccc2cn1. The average Bonchev–Trinajstić information content (AvgIpc) is 2.79. The first kappa shape index (κ1) is 28.0. The van der Waals surface area contributed by atoms with E-state index >= 15 is 0 Å². The molecular formula is C26H26F4N4O5. The molecule has 2 aromatic heterocycles. The number of fused-ring (bicyclic) bond motifs is 1. The van der Waals surface area contributed by atoms with Crippen LogP contribution in [0.15, 0.2) is 42.7 Å². The third-order valence-electron chi connectivity index (χ3n) is 5.93. The highest BCUT2D eigenvalue weighted by atomic mass is 19.4. The van der Waals surface area contributed by atoms with Gasteiger partial charge in [-0.05, 0) is 63.3 Å². The number of rotatable bonds is 6. The van der Waals surface area contributed by atoms with E-state index < -0.39 is 35.5 Å². The number of benzene rings is 1. The Morgan fingerprint density at radius 3 is 2.49 bits per heavy atom. The van der Waals surface area contributed by atoms with E-state index in [1.54, 1.807) is 20.8 Å². The molecule has 2 amide bonds. The van der Waals surface area contributed by atoms with Gasteiger partial charge in [-0.25, -0.2) is 19.0 Å². The molecule has 0 saturated heterocycles. The van der Waals surface area contributed by atoms with Gasteiger partial charge < -0.3 is 19.9 Å². The summed E-state index contributed by atoms with van der Waals surface area (Å²) < 4.78 is 64.2. The number of hydrogen-bond donors (Lipinski definition) is 2. The number of imide groups is 1. The van der Waals surface area contributed by atoms with E-state index in [0.717, 1.165) is 12.3 Å². The van der Waals surface area contributed by atoms with Gasteiger partial charge in [-0.15, -0.1) is 0 Å². The van der Waals surface area contributed by atoms with Crippen LogP contribution in [0, 0.1) is 5.82 Å². The molecule has 1 fully saturated rings. The summed E-state index contributed by atoms with van der Waals surface area (Å²) in [5, 5.41) is 13.7. The first-order valence-electron chi connectivity index (χ1n) is 12.0. The Morgan fingerprint density at radius 1 is 1.13 bits per heavy atom. The number of carboxylic acid groups (broad SMARTS) is 1. The summed E-state index contributed by atoms with van der Waals surface area (Å²) in [7, 11) is 0. The minimum atomic E-state index is -4.57. The number of nitrogens with zero attached hydrogens (tertiary/aromatic N) is 3. The molecule has 0 bridgehead atoms. The molecule has 0 radical (unpaired) electrons. The van der Waals surface area contributed by atoms with E-state index in [4.69, 9.17) is 9.47 Å². The topological polar surface area (TPSA) is 114 Å². The van der Waals surface area contributed by atoms with Crippen LogP contribution in [0.4, 0.5) is 33.0 Å². The molecule has 13 heteroatoms. The Bertz CT molecular complexity index is 1390. The quantitative estimate of drug-likeness (QED) is 0.365. The van der Waals surface area contributed by atoms with Crippen molar-refractivity contribution in [3.63, 3.8) is 0 Å². The zero-order valence-corrected chi connectivity index (χ0v) is 21.3.